The molecule has 4 heteroatoms. The molecule has 14 heavy (non-hydrogen) atoms. The summed E-state index contributed by atoms with van der Waals surface area (Å²) in [4.78, 5) is 8.81. The minimum absolute atomic E-state index is 0.714. The van der Waals surface area contributed by atoms with E-state index in [1.807, 2.05) is 32.1 Å². The topological polar surface area (TPSA) is 30.2 Å². The summed E-state index contributed by atoms with van der Waals surface area (Å²) in [7, 11) is 5.95. The van der Waals surface area contributed by atoms with Crippen LogP contribution in [0.5, 0.6) is 0 Å². The van der Waals surface area contributed by atoms with Crippen molar-refractivity contribution in [3.05, 3.63) is 22.8 Å². The van der Waals surface area contributed by atoms with E-state index in [4.69, 9.17) is 7.85 Å². The fourth-order valence-electron chi connectivity index (χ4n) is 1.67. The molecule has 0 fully saturated rings. The van der Waals surface area contributed by atoms with E-state index >= 15 is 0 Å². The van der Waals surface area contributed by atoms with Crippen LogP contribution in [0.2, 0.25) is 0 Å². The van der Waals surface area contributed by atoms with Crippen LogP contribution in [0.1, 0.15) is 22.8 Å². The van der Waals surface area contributed by atoms with Crippen molar-refractivity contribution in [2.45, 2.75) is 27.7 Å². The Kier molecular flexibility index (Phi) is 1.87. The van der Waals surface area contributed by atoms with Gasteiger partial charge in [-0.25, -0.2) is 10.6 Å². The molecule has 0 aromatic carbocycles. The smallest absolute Gasteiger partial charge is 0.155 e. The standard InChI is InChI=1S/C10H12BN3/c1-5-8(4)14-9(11)6(2)13-10(14)7(3)12-5/h1-4H3/q-1. The van der Waals surface area contributed by atoms with Crippen LogP contribution in [0.4, 0.5) is 0 Å². The Labute approximate surface area is 84.6 Å². The van der Waals surface area contributed by atoms with Crippen LogP contribution in [-0.4, -0.2) is 22.2 Å². The third kappa shape index (κ3) is 1.06. The van der Waals surface area contributed by atoms with Crippen LogP contribution in [0, 0.1) is 27.7 Å². The first-order valence-electron chi connectivity index (χ1n) is 4.60. The van der Waals surface area contributed by atoms with E-state index in [9.17, 15) is 0 Å². The van der Waals surface area contributed by atoms with Crippen molar-refractivity contribution in [3.63, 3.8) is 0 Å². The molecule has 0 saturated heterocycles. The summed E-state index contributed by atoms with van der Waals surface area (Å²) in [6, 6.07) is 0. The largest absolute Gasteiger partial charge is 0.553 e. The molecule has 0 spiro atoms. The maximum Gasteiger partial charge on any atom is 0.155 e. The van der Waals surface area contributed by atoms with E-state index in [1.165, 1.54) is 0 Å². The molecule has 2 aromatic rings. The van der Waals surface area contributed by atoms with Crippen LogP contribution < -0.4 is 5.59 Å². The van der Waals surface area contributed by atoms with Gasteiger partial charge in [0.1, 0.15) is 0 Å². The maximum atomic E-state index is 5.95. The van der Waals surface area contributed by atoms with Gasteiger partial charge in [-0.15, -0.1) is 0 Å². The van der Waals surface area contributed by atoms with Crippen LogP contribution >= 0.6 is 0 Å². The van der Waals surface area contributed by atoms with Gasteiger partial charge in [-0.1, -0.05) is 0 Å². The van der Waals surface area contributed by atoms with Gasteiger partial charge in [-0.2, -0.15) is 0 Å². The molecule has 0 bridgehead atoms. The van der Waals surface area contributed by atoms with Gasteiger partial charge in [0.15, 0.2) is 5.65 Å². The second-order valence-electron chi connectivity index (χ2n) is 3.61. The van der Waals surface area contributed by atoms with E-state index in [1.54, 1.807) is 0 Å². The molecule has 71 valence electrons. The predicted molar refractivity (Wildman–Crippen MR) is 57.3 cm³/mol. The fourth-order valence-corrected chi connectivity index (χ4v) is 1.67. The molecule has 0 N–H and O–H groups in total. The molecular weight excluding hydrogens is 173 g/mol. The lowest BCUT2D eigenvalue weighted by atomic mass is 10.0. The number of fused-ring (bicyclic) bond motifs is 1. The lowest BCUT2D eigenvalue weighted by molar-refractivity contribution is 0.981. The molecule has 0 unspecified atom stereocenters. The molecule has 2 rings (SSSR count). The molecule has 3 nitrogen and oxygen atoms in total. The van der Waals surface area contributed by atoms with Crippen molar-refractivity contribution < 1.29 is 0 Å². The number of hydrogen-bond acceptors (Lipinski definition) is 2. The molecule has 0 saturated carbocycles. The van der Waals surface area contributed by atoms with Crippen molar-refractivity contribution in [2.75, 3.05) is 0 Å². The highest BCUT2D eigenvalue weighted by atomic mass is 15.1. The highest BCUT2D eigenvalue weighted by Gasteiger charge is 2.06. The zero-order valence-corrected chi connectivity index (χ0v) is 8.92. The summed E-state index contributed by atoms with van der Waals surface area (Å²) < 4.78 is 1.97. The fraction of sp³-hybridized carbons (Fsp3) is 0.400. The van der Waals surface area contributed by atoms with E-state index < -0.39 is 0 Å². The van der Waals surface area contributed by atoms with Gasteiger partial charge < -0.3 is 12.2 Å². The first-order chi connectivity index (χ1) is 6.52. The van der Waals surface area contributed by atoms with Crippen LogP contribution in [0.25, 0.3) is 5.65 Å². The summed E-state index contributed by atoms with van der Waals surface area (Å²) in [6.07, 6.45) is 0. The predicted octanol–water partition coefficient (Wildman–Crippen LogP) is 0.757. The Morgan fingerprint density at radius 3 is 2.21 bits per heavy atom. The van der Waals surface area contributed by atoms with Gasteiger partial charge in [-0.05, 0) is 27.7 Å². The number of imidazole rings is 1. The van der Waals surface area contributed by atoms with E-state index in [2.05, 4.69) is 9.97 Å². The molecule has 2 aromatic heterocycles. The summed E-state index contributed by atoms with van der Waals surface area (Å²) in [5.74, 6) is 0. The van der Waals surface area contributed by atoms with E-state index in [0.29, 0.717) is 5.59 Å². The maximum absolute atomic E-state index is 5.95. The number of aromatic nitrogens is 3. The quantitative estimate of drug-likeness (QED) is 0.567. The Hall–Kier alpha value is -1.32. The van der Waals surface area contributed by atoms with Crippen molar-refractivity contribution >= 4 is 19.1 Å². The third-order valence-electron chi connectivity index (χ3n) is 2.62. The molecule has 3 radical (unpaired) electrons. The first-order valence-corrected chi connectivity index (χ1v) is 4.60. The Bertz CT molecular complexity index is 514. The van der Waals surface area contributed by atoms with Crippen molar-refractivity contribution in [1.82, 2.24) is 14.4 Å². The Balaban J connectivity index is 3.03. The van der Waals surface area contributed by atoms with Gasteiger partial charge in [-0.3, -0.25) is 4.98 Å². The molecule has 2 heterocycles. The van der Waals surface area contributed by atoms with Gasteiger partial charge >= 0.3 is 0 Å². The minimum Gasteiger partial charge on any atom is -0.553 e. The minimum atomic E-state index is 0.714. The van der Waals surface area contributed by atoms with Gasteiger partial charge in [0, 0.05) is 11.4 Å². The average Bonchev–Trinajstić information content (AvgIpc) is 2.41. The van der Waals surface area contributed by atoms with Crippen molar-refractivity contribution in [3.8, 4) is 0 Å². The monoisotopic (exact) mass is 185 g/mol. The second kappa shape index (κ2) is 2.84. The molecule has 0 aliphatic heterocycles. The van der Waals surface area contributed by atoms with E-state index in [-0.39, 0.29) is 0 Å². The van der Waals surface area contributed by atoms with Crippen LogP contribution in [0.15, 0.2) is 0 Å². The first kappa shape index (κ1) is 9.25. The number of hydrogen-bond donors (Lipinski definition) is 0. The molecule has 0 aliphatic rings. The summed E-state index contributed by atoms with van der Waals surface area (Å²) in [5.41, 5.74) is 5.42. The van der Waals surface area contributed by atoms with Crippen molar-refractivity contribution in [2.24, 2.45) is 0 Å². The molecule has 0 amide bonds. The number of nitrogens with zero attached hydrogens (tertiary/aromatic N) is 3. The lowest BCUT2D eigenvalue weighted by Crippen LogP contribution is -2.16. The molecule has 0 atom stereocenters. The van der Waals surface area contributed by atoms with Crippen LogP contribution in [-0.2, 0) is 0 Å². The third-order valence-corrected chi connectivity index (χ3v) is 2.62. The zero-order chi connectivity index (χ0) is 10.5. The van der Waals surface area contributed by atoms with Gasteiger partial charge in [0.25, 0.3) is 0 Å². The average molecular weight is 185 g/mol. The molecular formula is C10H12BN3-. The second-order valence-corrected chi connectivity index (χ2v) is 3.61. The summed E-state index contributed by atoms with van der Waals surface area (Å²) in [5, 5.41) is 0. The number of aryl methyl sites for hydroxylation is 4. The van der Waals surface area contributed by atoms with Crippen molar-refractivity contribution in [1.29, 1.82) is 0 Å². The Morgan fingerprint density at radius 1 is 0.929 bits per heavy atom. The summed E-state index contributed by atoms with van der Waals surface area (Å²) >= 11 is 0. The van der Waals surface area contributed by atoms with Gasteiger partial charge in [0.05, 0.1) is 11.4 Å². The van der Waals surface area contributed by atoms with Crippen LogP contribution in [0.3, 0.4) is 0 Å². The molecule has 0 aliphatic carbocycles. The van der Waals surface area contributed by atoms with E-state index in [0.717, 1.165) is 28.4 Å². The zero-order valence-electron chi connectivity index (χ0n) is 8.92. The SMILES string of the molecule is [B-]c1c(C)nc2c(C)nc(C)c(C)n12. The highest BCUT2D eigenvalue weighted by molar-refractivity contribution is 6.32. The summed E-state index contributed by atoms with van der Waals surface area (Å²) in [6.45, 7) is 7.85. The van der Waals surface area contributed by atoms with Gasteiger partial charge in [0.2, 0.25) is 0 Å². The Morgan fingerprint density at radius 2 is 1.57 bits per heavy atom. The highest BCUT2D eigenvalue weighted by Crippen LogP contribution is 2.11. The number of rotatable bonds is 0. The lowest BCUT2D eigenvalue weighted by Gasteiger charge is -2.14. The normalized spacial score (nSPS) is 11.2.